The molecule has 0 saturated heterocycles. The monoisotopic (exact) mass is 292 g/mol. The van der Waals surface area contributed by atoms with Crippen LogP contribution in [0.15, 0.2) is 30.3 Å². The maximum absolute atomic E-state index is 13.6. The van der Waals surface area contributed by atoms with Gasteiger partial charge in [0.2, 0.25) is 0 Å². The van der Waals surface area contributed by atoms with E-state index in [-0.39, 0.29) is 17.3 Å². The molecule has 21 heavy (non-hydrogen) atoms. The van der Waals surface area contributed by atoms with Crippen LogP contribution in [0, 0.1) is 15.9 Å². The quantitative estimate of drug-likeness (QED) is 0.650. The van der Waals surface area contributed by atoms with Crippen molar-refractivity contribution >= 4 is 23.0 Å². The van der Waals surface area contributed by atoms with Crippen molar-refractivity contribution in [1.82, 2.24) is 4.98 Å². The minimum atomic E-state index is -0.540. The van der Waals surface area contributed by atoms with Crippen LogP contribution in [0.2, 0.25) is 0 Å². The van der Waals surface area contributed by atoms with Crippen molar-refractivity contribution in [3.8, 4) is 5.75 Å². The molecular formula is C13H13FN4O3. The van der Waals surface area contributed by atoms with Gasteiger partial charge in [-0.1, -0.05) is 0 Å². The van der Waals surface area contributed by atoms with Gasteiger partial charge < -0.3 is 15.4 Å². The molecule has 110 valence electrons. The normalized spacial score (nSPS) is 10.0. The number of ether oxygens (including phenoxy) is 1. The summed E-state index contributed by atoms with van der Waals surface area (Å²) in [5, 5.41) is 16.4. The summed E-state index contributed by atoms with van der Waals surface area (Å²) in [7, 11) is 2.97. The molecule has 0 aliphatic heterocycles. The lowest BCUT2D eigenvalue weighted by atomic mass is 10.3. The van der Waals surface area contributed by atoms with E-state index in [1.54, 1.807) is 13.1 Å². The van der Waals surface area contributed by atoms with Gasteiger partial charge in [-0.15, -0.1) is 0 Å². The van der Waals surface area contributed by atoms with Gasteiger partial charge in [0.15, 0.2) is 11.6 Å². The van der Waals surface area contributed by atoms with Gasteiger partial charge in [0, 0.05) is 18.8 Å². The number of anilines is 3. The SMILES string of the molecule is CNc1cc([N+](=O)[O-])cc(Nc2ccc(OC)c(F)c2)n1. The number of hydrogen-bond donors (Lipinski definition) is 2. The molecule has 0 aliphatic carbocycles. The molecule has 2 N–H and O–H groups in total. The number of nitrogens with one attached hydrogen (secondary N) is 2. The minimum absolute atomic E-state index is 0.114. The van der Waals surface area contributed by atoms with Gasteiger partial charge in [-0.3, -0.25) is 10.1 Å². The standard InChI is InChI=1S/C13H13FN4O3/c1-15-12-6-9(18(19)20)7-13(17-12)16-8-3-4-11(21-2)10(14)5-8/h3-7H,1-2H3,(H2,15,16,17). The van der Waals surface area contributed by atoms with E-state index in [1.165, 1.54) is 31.4 Å². The van der Waals surface area contributed by atoms with E-state index in [2.05, 4.69) is 15.6 Å². The molecule has 1 heterocycles. The Kier molecular flexibility index (Phi) is 4.17. The lowest BCUT2D eigenvalue weighted by Gasteiger charge is -2.09. The van der Waals surface area contributed by atoms with Gasteiger partial charge in [-0.25, -0.2) is 9.37 Å². The highest BCUT2D eigenvalue weighted by Gasteiger charge is 2.11. The third kappa shape index (κ3) is 3.35. The van der Waals surface area contributed by atoms with Gasteiger partial charge in [0.1, 0.15) is 11.6 Å². The molecule has 0 atom stereocenters. The van der Waals surface area contributed by atoms with Crippen LogP contribution in [-0.2, 0) is 0 Å². The van der Waals surface area contributed by atoms with E-state index in [0.29, 0.717) is 11.5 Å². The fourth-order valence-electron chi connectivity index (χ4n) is 1.71. The van der Waals surface area contributed by atoms with Crippen LogP contribution in [0.4, 0.5) is 27.4 Å². The summed E-state index contributed by atoms with van der Waals surface area (Å²) < 4.78 is 18.4. The topological polar surface area (TPSA) is 89.3 Å². The van der Waals surface area contributed by atoms with E-state index in [4.69, 9.17) is 4.74 Å². The van der Waals surface area contributed by atoms with Gasteiger partial charge in [0.05, 0.1) is 24.2 Å². The zero-order valence-corrected chi connectivity index (χ0v) is 11.4. The Morgan fingerprint density at radius 3 is 2.57 bits per heavy atom. The number of rotatable bonds is 5. The largest absolute Gasteiger partial charge is 0.494 e. The Balaban J connectivity index is 2.32. The summed E-state index contributed by atoms with van der Waals surface area (Å²) in [6, 6.07) is 6.83. The smallest absolute Gasteiger partial charge is 0.276 e. The van der Waals surface area contributed by atoms with Crippen molar-refractivity contribution in [2.75, 3.05) is 24.8 Å². The summed E-state index contributed by atoms with van der Waals surface area (Å²) in [5.41, 5.74) is 0.286. The molecular weight excluding hydrogens is 279 g/mol. The maximum Gasteiger partial charge on any atom is 0.276 e. The van der Waals surface area contributed by atoms with Crippen molar-refractivity contribution in [1.29, 1.82) is 0 Å². The summed E-state index contributed by atoms with van der Waals surface area (Å²) in [6.45, 7) is 0. The predicted molar refractivity (Wildman–Crippen MR) is 76.7 cm³/mol. The van der Waals surface area contributed by atoms with E-state index in [9.17, 15) is 14.5 Å². The van der Waals surface area contributed by atoms with Crippen LogP contribution in [0.1, 0.15) is 0 Å². The molecule has 2 aromatic rings. The number of methoxy groups -OCH3 is 1. The number of benzene rings is 1. The van der Waals surface area contributed by atoms with Crippen molar-refractivity contribution in [2.45, 2.75) is 0 Å². The average molecular weight is 292 g/mol. The molecule has 0 radical (unpaired) electrons. The fourth-order valence-corrected chi connectivity index (χ4v) is 1.71. The number of aromatic nitrogens is 1. The predicted octanol–water partition coefficient (Wildman–Crippen LogP) is 2.92. The third-order valence-electron chi connectivity index (χ3n) is 2.70. The first kappa shape index (κ1) is 14.5. The zero-order valence-electron chi connectivity index (χ0n) is 11.4. The third-order valence-corrected chi connectivity index (χ3v) is 2.70. The van der Waals surface area contributed by atoms with E-state index in [0.717, 1.165) is 0 Å². The van der Waals surface area contributed by atoms with Crippen molar-refractivity contribution in [2.24, 2.45) is 0 Å². The summed E-state index contributed by atoms with van der Waals surface area (Å²) in [4.78, 5) is 14.5. The van der Waals surface area contributed by atoms with Crippen LogP contribution >= 0.6 is 0 Å². The summed E-state index contributed by atoms with van der Waals surface area (Å²) in [5.74, 6) is 0.143. The Labute approximate surface area is 119 Å². The van der Waals surface area contributed by atoms with Gasteiger partial charge in [-0.2, -0.15) is 0 Å². The second kappa shape index (κ2) is 6.04. The number of pyridine rings is 1. The average Bonchev–Trinajstić information content (AvgIpc) is 2.47. The van der Waals surface area contributed by atoms with Crippen LogP contribution < -0.4 is 15.4 Å². The van der Waals surface area contributed by atoms with Gasteiger partial charge in [-0.05, 0) is 12.1 Å². The zero-order chi connectivity index (χ0) is 15.4. The highest BCUT2D eigenvalue weighted by molar-refractivity contribution is 5.62. The van der Waals surface area contributed by atoms with E-state index < -0.39 is 10.7 Å². The summed E-state index contributed by atoms with van der Waals surface area (Å²) >= 11 is 0. The number of hydrogen-bond acceptors (Lipinski definition) is 6. The molecule has 0 fully saturated rings. The molecule has 1 aromatic carbocycles. The maximum atomic E-state index is 13.6. The second-order valence-corrected chi connectivity index (χ2v) is 4.08. The van der Waals surface area contributed by atoms with Crippen LogP contribution in [0.25, 0.3) is 0 Å². The first-order valence-electron chi connectivity index (χ1n) is 5.98. The fraction of sp³-hybridized carbons (Fsp3) is 0.154. The molecule has 0 unspecified atom stereocenters. The number of halogens is 1. The first-order chi connectivity index (χ1) is 10.0. The lowest BCUT2D eigenvalue weighted by Crippen LogP contribution is -2.01. The molecule has 0 aliphatic rings. The first-order valence-corrected chi connectivity index (χ1v) is 5.98. The molecule has 2 rings (SSSR count). The van der Waals surface area contributed by atoms with Gasteiger partial charge >= 0.3 is 0 Å². The Morgan fingerprint density at radius 1 is 1.29 bits per heavy atom. The summed E-state index contributed by atoms with van der Waals surface area (Å²) in [6.07, 6.45) is 0. The van der Waals surface area contributed by atoms with E-state index in [1.807, 2.05) is 0 Å². The highest BCUT2D eigenvalue weighted by Crippen LogP contribution is 2.26. The van der Waals surface area contributed by atoms with Crippen molar-refractivity contribution in [3.05, 3.63) is 46.3 Å². The minimum Gasteiger partial charge on any atom is -0.494 e. The van der Waals surface area contributed by atoms with Crippen molar-refractivity contribution < 1.29 is 14.1 Å². The number of nitro groups is 1. The molecule has 0 spiro atoms. The lowest BCUT2D eigenvalue weighted by molar-refractivity contribution is -0.384. The van der Waals surface area contributed by atoms with E-state index >= 15 is 0 Å². The van der Waals surface area contributed by atoms with Crippen LogP contribution in [0.3, 0.4) is 0 Å². The Hall–Kier alpha value is -2.90. The highest BCUT2D eigenvalue weighted by atomic mass is 19.1. The molecule has 0 amide bonds. The van der Waals surface area contributed by atoms with Gasteiger partial charge in [0.25, 0.3) is 5.69 Å². The molecule has 0 saturated carbocycles. The van der Waals surface area contributed by atoms with Crippen LogP contribution in [0.5, 0.6) is 5.75 Å². The Bertz CT molecular complexity index is 678. The van der Waals surface area contributed by atoms with Crippen LogP contribution in [-0.4, -0.2) is 24.1 Å². The Morgan fingerprint density at radius 2 is 2.00 bits per heavy atom. The molecule has 8 heteroatoms. The second-order valence-electron chi connectivity index (χ2n) is 4.08. The van der Waals surface area contributed by atoms with Crippen molar-refractivity contribution in [3.63, 3.8) is 0 Å². The molecule has 0 bridgehead atoms. The molecule has 1 aromatic heterocycles. The number of nitrogens with zero attached hydrogens (tertiary/aromatic N) is 2. The molecule has 7 nitrogen and oxygen atoms in total.